The third-order valence-electron chi connectivity index (χ3n) is 5.17. The Bertz CT molecular complexity index is 1110. The Labute approximate surface area is 167 Å². The second-order valence-electron chi connectivity index (χ2n) is 7.04. The molecule has 3 heterocycles. The van der Waals surface area contributed by atoms with Gasteiger partial charge in [-0.25, -0.2) is 9.97 Å². The monoisotopic (exact) mass is 397 g/mol. The largest absolute Gasteiger partial charge is 0.480 e. The van der Waals surface area contributed by atoms with Crippen molar-refractivity contribution in [3.63, 3.8) is 0 Å². The number of pyridine rings is 1. The SMILES string of the molecule is COC[C@H](C1CC1)n1c(=O)c(C)nc2c(-c3cnc(OC)nc3OC)nccc21. The van der Waals surface area contributed by atoms with Crippen molar-refractivity contribution < 1.29 is 14.2 Å². The third-order valence-corrected chi connectivity index (χ3v) is 5.17. The van der Waals surface area contributed by atoms with Crippen LogP contribution in [0.3, 0.4) is 0 Å². The summed E-state index contributed by atoms with van der Waals surface area (Å²) in [4.78, 5) is 30.6. The Morgan fingerprint density at radius 2 is 1.97 bits per heavy atom. The lowest BCUT2D eigenvalue weighted by Crippen LogP contribution is -2.31. The lowest BCUT2D eigenvalue weighted by Gasteiger charge is -2.22. The Balaban J connectivity index is 1.98. The van der Waals surface area contributed by atoms with Gasteiger partial charge in [0, 0.05) is 19.5 Å². The van der Waals surface area contributed by atoms with Gasteiger partial charge in [-0.05, 0) is 31.7 Å². The first-order chi connectivity index (χ1) is 14.1. The molecule has 1 aliphatic rings. The molecular weight excluding hydrogens is 374 g/mol. The minimum Gasteiger partial charge on any atom is -0.480 e. The van der Waals surface area contributed by atoms with E-state index in [0.717, 1.165) is 12.8 Å². The van der Waals surface area contributed by atoms with Gasteiger partial charge in [0.2, 0.25) is 5.88 Å². The summed E-state index contributed by atoms with van der Waals surface area (Å²) in [6, 6.07) is 1.97. The molecule has 152 valence electrons. The number of fused-ring (bicyclic) bond motifs is 1. The molecule has 4 rings (SSSR count). The summed E-state index contributed by atoms with van der Waals surface area (Å²) in [7, 11) is 4.66. The number of methoxy groups -OCH3 is 3. The van der Waals surface area contributed by atoms with Crippen LogP contribution in [0.2, 0.25) is 0 Å². The highest BCUT2D eigenvalue weighted by Gasteiger charge is 2.34. The van der Waals surface area contributed by atoms with E-state index < -0.39 is 0 Å². The molecule has 1 saturated carbocycles. The van der Waals surface area contributed by atoms with Gasteiger partial charge in [0.15, 0.2) is 0 Å². The molecule has 0 spiro atoms. The van der Waals surface area contributed by atoms with Crippen molar-refractivity contribution in [2.45, 2.75) is 25.8 Å². The smallest absolute Gasteiger partial charge is 0.319 e. The van der Waals surface area contributed by atoms with E-state index in [9.17, 15) is 4.79 Å². The number of hydrogen-bond donors (Lipinski definition) is 0. The maximum absolute atomic E-state index is 13.0. The molecule has 0 aromatic carbocycles. The van der Waals surface area contributed by atoms with Gasteiger partial charge in [-0.2, -0.15) is 4.98 Å². The summed E-state index contributed by atoms with van der Waals surface area (Å²) < 4.78 is 17.7. The highest BCUT2D eigenvalue weighted by atomic mass is 16.5. The van der Waals surface area contributed by atoms with E-state index in [1.54, 1.807) is 31.0 Å². The van der Waals surface area contributed by atoms with Crippen molar-refractivity contribution >= 4 is 11.0 Å². The van der Waals surface area contributed by atoms with E-state index in [0.29, 0.717) is 46.4 Å². The summed E-state index contributed by atoms with van der Waals surface area (Å²) in [5, 5.41) is 0. The summed E-state index contributed by atoms with van der Waals surface area (Å²) in [6.45, 7) is 2.18. The van der Waals surface area contributed by atoms with E-state index >= 15 is 0 Å². The zero-order chi connectivity index (χ0) is 20.5. The van der Waals surface area contributed by atoms with Crippen molar-refractivity contribution in [1.82, 2.24) is 24.5 Å². The van der Waals surface area contributed by atoms with Gasteiger partial charge in [0.25, 0.3) is 5.56 Å². The fraction of sp³-hybridized carbons (Fsp3) is 0.450. The number of aromatic nitrogens is 5. The predicted molar refractivity (Wildman–Crippen MR) is 106 cm³/mol. The van der Waals surface area contributed by atoms with E-state index in [-0.39, 0.29) is 17.6 Å². The fourth-order valence-electron chi connectivity index (χ4n) is 3.61. The fourth-order valence-corrected chi connectivity index (χ4v) is 3.61. The maximum atomic E-state index is 13.0. The number of aryl methyl sites for hydroxylation is 1. The van der Waals surface area contributed by atoms with Crippen molar-refractivity contribution in [2.75, 3.05) is 27.9 Å². The van der Waals surface area contributed by atoms with Crippen LogP contribution in [0.25, 0.3) is 22.3 Å². The van der Waals surface area contributed by atoms with E-state index in [1.807, 2.05) is 6.07 Å². The van der Waals surface area contributed by atoms with Crippen LogP contribution in [0, 0.1) is 12.8 Å². The minimum absolute atomic E-state index is 0.0408. The molecule has 9 heteroatoms. The molecule has 9 nitrogen and oxygen atoms in total. The van der Waals surface area contributed by atoms with Crippen molar-refractivity contribution in [3.8, 4) is 23.1 Å². The maximum Gasteiger partial charge on any atom is 0.319 e. The van der Waals surface area contributed by atoms with Crippen LogP contribution >= 0.6 is 0 Å². The lowest BCUT2D eigenvalue weighted by molar-refractivity contribution is 0.145. The average molecular weight is 397 g/mol. The Morgan fingerprint density at radius 1 is 1.17 bits per heavy atom. The Kier molecular flexibility index (Phi) is 5.14. The molecule has 3 aromatic heterocycles. The van der Waals surface area contributed by atoms with Gasteiger partial charge >= 0.3 is 6.01 Å². The average Bonchev–Trinajstić information content (AvgIpc) is 3.58. The summed E-state index contributed by atoms with van der Waals surface area (Å²) in [5.41, 5.74) is 2.72. The molecule has 0 saturated heterocycles. The van der Waals surface area contributed by atoms with Gasteiger partial charge in [0.1, 0.15) is 16.9 Å². The predicted octanol–water partition coefficient (Wildman–Crippen LogP) is 2.17. The highest BCUT2D eigenvalue weighted by Crippen LogP contribution is 2.41. The van der Waals surface area contributed by atoms with Crippen LogP contribution in [0.5, 0.6) is 11.9 Å². The standard InChI is InChI=1S/C20H23N5O4/c1-11-19(26)25(15(10-27-2)12-5-6-12)14-7-8-21-16(17(14)23-11)13-9-22-20(29-4)24-18(13)28-3/h7-9,12,15H,5-6,10H2,1-4H3/t15-/m1/s1. The summed E-state index contributed by atoms with van der Waals surface area (Å²) in [5.74, 6) is 0.748. The van der Waals surface area contributed by atoms with Gasteiger partial charge in [-0.15, -0.1) is 0 Å². The first-order valence-electron chi connectivity index (χ1n) is 9.41. The molecule has 0 N–H and O–H groups in total. The minimum atomic E-state index is -0.110. The number of rotatable bonds is 7. The lowest BCUT2D eigenvalue weighted by atomic mass is 10.1. The Hall–Kier alpha value is -3.07. The molecule has 3 aromatic rings. The topological polar surface area (TPSA) is 101 Å². The molecule has 1 atom stereocenters. The molecular formula is C20H23N5O4. The van der Waals surface area contributed by atoms with Crippen LogP contribution < -0.4 is 15.0 Å². The van der Waals surface area contributed by atoms with Gasteiger partial charge in [-0.3, -0.25) is 14.3 Å². The van der Waals surface area contributed by atoms with E-state index in [4.69, 9.17) is 14.2 Å². The van der Waals surface area contributed by atoms with Crippen molar-refractivity contribution in [1.29, 1.82) is 0 Å². The van der Waals surface area contributed by atoms with Crippen LogP contribution in [0.4, 0.5) is 0 Å². The van der Waals surface area contributed by atoms with Crippen molar-refractivity contribution in [3.05, 3.63) is 34.5 Å². The van der Waals surface area contributed by atoms with Crippen LogP contribution in [-0.2, 0) is 4.74 Å². The molecule has 0 aliphatic heterocycles. The molecule has 0 bridgehead atoms. The molecule has 0 radical (unpaired) electrons. The van der Waals surface area contributed by atoms with Crippen LogP contribution in [0.15, 0.2) is 23.3 Å². The zero-order valence-corrected chi connectivity index (χ0v) is 16.9. The van der Waals surface area contributed by atoms with Gasteiger partial charge in [0.05, 0.1) is 37.9 Å². The zero-order valence-electron chi connectivity index (χ0n) is 16.9. The quantitative estimate of drug-likeness (QED) is 0.598. The number of ether oxygens (including phenoxy) is 3. The van der Waals surface area contributed by atoms with Crippen LogP contribution in [0.1, 0.15) is 24.6 Å². The molecule has 1 fully saturated rings. The number of hydrogen-bond acceptors (Lipinski definition) is 8. The Morgan fingerprint density at radius 3 is 2.62 bits per heavy atom. The second-order valence-corrected chi connectivity index (χ2v) is 7.04. The first kappa shape index (κ1) is 19.3. The summed E-state index contributed by atoms with van der Waals surface area (Å²) >= 11 is 0. The van der Waals surface area contributed by atoms with E-state index in [1.165, 1.54) is 14.2 Å². The van der Waals surface area contributed by atoms with Gasteiger partial charge < -0.3 is 14.2 Å². The molecule has 0 unspecified atom stereocenters. The third kappa shape index (κ3) is 3.42. The van der Waals surface area contributed by atoms with E-state index in [2.05, 4.69) is 19.9 Å². The molecule has 1 aliphatic carbocycles. The van der Waals surface area contributed by atoms with Crippen molar-refractivity contribution in [2.24, 2.45) is 5.92 Å². The molecule has 0 amide bonds. The summed E-state index contributed by atoms with van der Waals surface area (Å²) in [6.07, 6.45) is 5.42. The normalized spacial score (nSPS) is 14.8. The molecule has 29 heavy (non-hydrogen) atoms. The van der Waals surface area contributed by atoms with Crippen LogP contribution in [-0.4, -0.2) is 52.4 Å². The second kappa shape index (κ2) is 7.75. The number of nitrogens with zero attached hydrogens (tertiary/aromatic N) is 5. The highest BCUT2D eigenvalue weighted by molar-refractivity contribution is 5.90. The van der Waals surface area contributed by atoms with Gasteiger partial charge in [-0.1, -0.05) is 0 Å². The first-order valence-corrected chi connectivity index (χ1v) is 9.41.